The third-order valence-electron chi connectivity index (χ3n) is 3.45. The highest BCUT2D eigenvalue weighted by Gasteiger charge is 2.15. The fraction of sp³-hybridized carbons (Fsp3) is 0.600. The first-order valence-electron chi connectivity index (χ1n) is 6.76. The summed E-state index contributed by atoms with van der Waals surface area (Å²) in [7, 11) is 6.32. The maximum Gasteiger partial charge on any atom is 0.0467 e. The van der Waals surface area contributed by atoms with Crippen LogP contribution in [0.25, 0.3) is 0 Å². The second-order valence-electron chi connectivity index (χ2n) is 5.40. The molecule has 19 heavy (non-hydrogen) atoms. The minimum absolute atomic E-state index is 0.236. The van der Waals surface area contributed by atoms with Crippen molar-refractivity contribution in [2.75, 3.05) is 40.8 Å². The van der Waals surface area contributed by atoms with Gasteiger partial charge in [-0.3, -0.25) is 4.90 Å². The van der Waals surface area contributed by atoms with Gasteiger partial charge in [0.05, 0.1) is 0 Å². The Hall–Kier alpha value is -0.610. The molecule has 0 amide bonds. The van der Waals surface area contributed by atoms with Gasteiger partial charge in [0.15, 0.2) is 0 Å². The van der Waals surface area contributed by atoms with Crippen molar-refractivity contribution in [3.8, 4) is 0 Å². The lowest BCUT2D eigenvalue weighted by Crippen LogP contribution is -2.32. The van der Waals surface area contributed by atoms with Crippen LogP contribution in [0.2, 0.25) is 5.02 Å². The molecule has 0 fully saturated rings. The molecule has 108 valence electrons. The molecule has 1 aromatic rings. The lowest BCUT2D eigenvalue weighted by Gasteiger charge is -2.28. The third-order valence-corrected chi connectivity index (χ3v) is 3.86. The Morgan fingerprint density at radius 3 is 2.42 bits per heavy atom. The first kappa shape index (κ1) is 16.4. The van der Waals surface area contributed by atoms with Crippen LogP contribution in [0.15, 0.2) is 18.2 Å². The Morgan fingerprint density at radius 2 is 1.89 bits per heavy atom. The van der Waals surface area contributed by atoms with Gasteiger partial charge in [-0.2, -0.15) is 0 Å². The lowest BCUT2D eigenvalue weighted by molar-refractivity contribution is 0.235. The van der Waals surface area contributed by atoms with Crippen LogP contribution in [0.4, 0.5) is 0 Å². The lowest BCUT2D eigenvalue weighted by atomic mass is 10.0. The number of aryl methyl sites for hydroxylation is 1. The van der Waals surface area contributed by atoms with E-state index in [9.17, 15) is 0 Å². The molecule has 0 saturated carbocycles. The zero-order valence-corrected chi connectivity index (χ0v) is 13.2. The fourth-order valence-electron chi connectivity index (χ4n) is 2.18. The first-order chi connectivity index (χ1) is 8.95. The van der Waals surface area contributed by atoms with Crippen molar-refractivity contribution < 1.29 is 0 Å². The normalized spacial score (nSPS) is 13.3. The van der Waals surface area contributed by atoms with Crippen LogP contribution in [0.1, 0.15) is 23.6 Å². The van der Waals surface area contributed by atoms with E-state index in [0.717, 1.165) is 30.1 Å². The largest absolute Gasteiger partial charge is 0.329 e. The molecule has 1 atom stereocenters. The van der Waals surface area contributed by atoms with Crippen molar-refractivity contribution in [2.24, 2.45) is 5.73 Å². The molecule has 0 radical (unpaired) electrons. The second-order valence-corrected chi connectivity index (χ2v) is 5.80. The smallest absolute Gasteiger partial charge is 0.0467 e. The van der Waals surface area contributed by atoms with Gasteiger partial charge < -0.3 is 10.6 Å². The van der Waals surface area contributed by atoms with Crippen LogP contribution < -0.4 is 5.73 Å². The molecule has 3 nitrogen and oxygen atoms in total. The molecule has 0 saturated heterocycles. The Kier molecular flexibility index (Phi) is 6.80. The predicted octanol–water partition coefficient (Wildman–Crippen LogP) is 2.53. The number of likely N-dealkylation sites (N-methyl/N-ethyl adjacent to an activating group) is 1. The quantitative estimate of drug-likeness (QED) is 0.835. The Bertz CT molecular complexity index is 393. The zero-order valence-electron chi connectivity index (χ0n) is 12.5. The summed E-state index contributed by atoms with van der Waals surface area (Å²) in [5.41, 5.74) is 8.24. The highest BCUT2D eigenvalue weighted by Crippen LogP contribution is 2.24. The number of benzene rings is 1. The van der Waals surface area contributed by atoms with Gasteiger partial charge >= 0.3 is 0 Å². The van der Waals surface area contributed by atoms with Crippen molar-refractivity contribution in [1.29, 1.82) is 0 Å². The third kappa shape index (κ3) is 5.11. The van der Waals surface area contributed by atoms with Crippen molar-refractivity contribution >= 4 is 11.6 Å². The predicted molar refractivity (Wildman–Crippen MR) is 83.8 cm³/mol. The molecule has 0 aliphatic rings. The first-order valence-corrected chi connectivity index (χ1v) is 7.14. The van der Waals surface area contributed by atoms with E-state index in [0.29, 0.717) is 6.54 Å². The summed E-state index contributed by atoms with van der Waals surface area (Å²) in [6, 6.07) is 6.46. The van der Waals surface area contributed by atoms with Gasteiger partial charge in [0.2, 0.25) is 0 Å². The molecule has 2 N–H and O–H groups in total. The monoisotopic (exact) mass is 283 g/mol. The number of hydrogen-bond acceptors (Lipinski definition) is 3. The van der Waals surface area contributed by atoms with Gasteiger partial charge in [0.1, 0.15) is 0 Å². The summed E-state index contributed by atoms with van der Waals surface area (Å²) >= 11 is 6.20. The number of nitrogens with two attached hydrogens (primary N) is 1. The molecule has 0 heterocycles. The molecule has 0 bridgehead atoms. The Morgan fingerprint density at radius 1 is 1.21 bits per heavy atom. The average Bonchev–Trinajstić information content (AvgIpc) is 2.34. The van der Waals surface area contributed by atoms with Gasteiger partial charge in [-0.05, 0) is 64.8 Å². The van der Waals surface area contributed by atoms with Crippen molar-refractivity contribution in [1.82, 2.24) is 9.80 Å². The number of hydrogen-bond donors (Lipinski definition) is 1. The number of nitrogens with zero attached hydrogens (tertiary/aromatic N) is 2. The maximum absolute atomic E-state index is 6.20. The molecule has 4 heteroatoms. The van der Waals surface area contributed by atoms with Gasteiger partial charge in [0.25, 0.3) is 0 Å². The molecule has 0 aliphatic heterocycles. The van der Waals surface area contributed by atoms with Crippen LogP contribution >= 0.6 is 11.6 Å². The summed E-state index contributed by atoms with van der Waals surface area (Å²) in [5, 5.41) is 0.817. The van der Waals surface area contributed by atoms with E-state index < -0.39 is 0 Å². The van der Waals surface area contributed by atoms with Crippen LogP contribution in [0, 0.1) is 6.92 Å². The highest BCUT2D eigenvalue weighted by atomic mass is 35.5. The van der Waals surface area contributed by atoms with E-state index in [1.807, 2.05) is 13.0 Å². The highest BCUT2D eigenvalue weighted by molar-refractivity contribution is 6.31. The Labute approximate surface area is 122 Å². The number of rotatable bonds is 7. The summed E-state index contributed by atoms with van der Waals surface area (Å²) in [4.78, 5) is 4.51. The van der Waals surface area contributed by atoms with Gasteiger partial charge in [-0.1, -0.05) is 23.7 Å². The van der Waals surface area contributed by atoms with E-state index in [1.54, 1.807) is 0 Å². The molecular weight excluding hydrogens is 258 g/mol. The standard InChI is InChI=1S/C15H26ClN3/c1-12-6-7-13(10-14(12)16)15(11-17)19(4)9-5-8-18(2)3/h6-7,10,15H,5,8-9,11,17H2,1-4H3. The summed E-state index contributed by atoms with van der Waals surface area (Å²) in [6.45, 7) is 4.75. The van der Waals surface area contributed by atoms with E-state index >= 15 is 0 Å². The molecule has 0 aromatic heterocycles. The average molecular weight is 284 g/mol. The van der Waals surface area contributed by atoms with Crippen LogP contribution in [-0.2, 0) is 0 Å². The van der Waals surface area contributed by atoms with E-state index in [2.05, 4.69) is 43.1 Å². The van der Waals surface area contributed by atoms with Crippen LogP contribution in [0.5, 0.6) is 0 Å². The zero-order chi connectivity index (χ0) is 14.4. The SMILES string of the molecule is Cc1ccc(C(CN)N(C)CCCN(C)C)cc1Cl. The molecule has 0 aliphatic carbocycles. The summed E-state index contributed by atoms with van der Waals surface area (Å²) in [5.74, 6) is 0. The second kappa shape index (κ2) is 7.85. The molecular formula is C15H26ClN3. The maximum atomic E-state index is 6.20. The number of halogens is 1. The Balaban J connectivity index is 2.67. The van der Waals surface area contributed by atoms with Crippen molar-refractivity contribution in [3.05, 3.63) is 34.3 Å². The van der Waals surface area contributed by atoms with E-state index in [4.69, 9.17) is 17.3 Å². The molecule has 0 spiro atoms. The van der Waals surface area contributed by atoms with Gasteiger partial charge in [0, 0.05) is 17.6 Å². The molecule has 1 rings (SSSR count). The minimum atomic E-state index is 0.236. The topological polar surface area (TPSA) is 32.5 Å². The van der Waals surface area contributed by atoms with Gasteiger partial charge in [-0.25, -0.2) is 0 Å². The van der Waals surface area contributed by atoms with Crippen LogP contribution in [0.3, 0.4) is 0 Å². The summed E-state index contributed by atoms with van der Waals surface area (Å²) < 4.78 is 0. The molecule has 1 unspecified atom stereocenters. The van der Waals surface area contributed by atoms with Crippen molar-refractivity contribution in [2.45, 2.75) is 19.4 Å². The fourth-order valence-corrected chi connectivity index (χ4v) is 2.37. The van der Waals surface area contributed by atoms with Crippen molar-refractivity contribution in [3.63, 3.8) is 0 Å². The summed E-state index contributed by atoms with van der Waals surface area (Å²) in [6.07, 6.45) is 1.14. The van der Waals surface area contributed by atoms with E-state index in [1.165, 1.54) is 5.56 Å². The van der Waals surface area contributed by atoms with Crippen LogP contribution in [-0.4, -0.2) is 50.6 Å². The van der Waals surface area contributed by atoms with Gasteiger partial charge in [-0.15, -0.1) is 0 Å². The van der Waals surface area contributed by atoms with E-state index in [-0.39, 0.29) is 6.04 Å². The minimum Gasteiger partial charge on any atom is -0.329 e. The molecule has 1 aromatic carbocycles.